The van der Waals surface area contributed by atoms with Crippen molar-refractivity contribution < 1.29 is 8.42 Å². The lowest BCUT2D eigenvalue weighted by Gasteiger charge is -2.28. The van der Waals surface area contributed by atoms with Crippen LogP contribution in [0.4, 0.5) is 0 Å². The highest BCUT2D eigenvalue weighted by atomic mass is 32.2. The summed E-state index contributed by atoms with van der Waals surface area (Å²) in [6, 6.07) is 1.05. The maximum absolute atomic E-state index is 11.4. The van der Waals surface area contributed by atoms with E-state index in [0.29, 0.717) is 23.6 Å². The van der Waals surface area contributed by atoms with E-state index in [1.54, 1.807) is 0 Å². The van der Waals surface area contributed by atoms with Gasteiger partial charge in [-0.1, -0.05) is 26.7 Å². The third-order valence-corrected chi connectivity index (χ3v) is 6.70. The van der Waals surface area contributed by atoms with Crippen molar-refractivity contribution >= 4 is 9.84 Å². The molecule has 2 atom stereocenters. The first-order valence-electron chi connectivity index (χ1n) is 7.93. The highest BCUT2D eigenvalue weighted by Gasteiger charge is 2.27. The first kappa shape index (κ1) is 15.3. The van der Waals surface area contributed by atoms with Crippen LogP contribution in [0.25, 0.3) is 0 Å². The molecule has 2 unspecified atom stereocenters. The summed E-state index contributed by atoms with van der Waals surface area (Å²) in [5.41, 5.74) is 0. The predicted molar refractivity (Wildman–Crippen MR) is 80.0 cm³/mol. The van der Waals surface area contributed by atoms with Crippen molar-refractivity contribution in [2.24, 2.45) is 11.8 Å². The van der Waals surface area contributed by atoms with E-state index in [1.165, 1.54) is 32.1 Å². The fourth-order valence-electron chi connectivity index (χ4n) is 3.55. The molecule has 4 heteroatoms. The third kappa shape index (κ3) is 4.75. The summed E-state index contributed by atoms with van der Waals surface area (Å²) < 4.78 is 22.9. The van der Waals surface area contributed by atoms with Gasteiger partial charge in [-0.05, 0) is 43.9 Å². The summed E-state index contributed by atoms with van der Waals surface area (Å²) in [6.07, 6.45) is 8.19. The Morgan fingerprint density at radius 2 is 1.53 bits per heavy atom. The molecule has 1 aliphatic carbocycles. The SMILES string of the molecule is CC(C)C1CCCC(NC2CCS(=O)(=O)CC2)CC1. The van der Waals surface area contributed by atoms with Gasteiger partial charge in [-0.3, -0.25) is 0 Å². The lowest BCUT2D eigenvalue weighted by atomic mass is 9.89. The highest BCUT2D eigenvalue weighted by Crippen LogP contribution is 2.29. The average Bonchev–Trinajstić information content (AvgIpc) is 2.57. The monoisotopic (exact) mass is 287 g/mol. The zero-order chi connectivity index (χ0) is 13.9. The van der Waals surface area contributed by atoms with Crippen LogP contribution in [0.3, 0.4) is 0 Å². The fourth-order valence-corrected chi connectivity index (χ4v) is 5.05. The molecule has 0 aromatic carbocycles. The molecule has 1 N–H and O–H groups in total. The maximum atomic E-state index is 11.4. The minimum absolute atomic E-state index is 0.381. The van der Waals surface area contributed by atoms with Crippen LogP contribution in [0, 0.1) is 11.8 Å². The van der Waals surface area contributed by atoms with E-state index in [-0.39, 0.29) is 0 Å². The summed E-state index contributed by atoms with van der Waals surface area (Å²) in [5.74, 6) is 2.45. The van der Waals surface area contributed by atoms with Crippen molar-refractivity contribution in [2.75, 3.05) is 11.5 Å². The Morgan fingerprint density at radius 1 is 0.895 bits per heavy atom. The molecule has 1 saturated heterocycles. The van der Waals surface area contributed by atoms with E-state index in [4.69, 9.17) is 0 Å². The molecule has 2 fully saturated rings. The van der Waals surface area contributed by atoms with Gasteiger partial charge in [0, 0.05) is 12.1 Å². The van der Waals surface area contributed by atoms with Crippen LogP contribution in [0.15, 0.2) is 0 Å². The summed E-state index contributed by atoms with van der Waals surface area (Å²) in [4.78, 5) is 0. The molecule has 0 bridgehead atoms. The Bertz CT molecular complexity index is 364. The molecule has 19 heavy (non-hydrogen) atoms. The molecule has 0 aromatic rings. The standard InChI is InChI=1S/C15H29NO2S/c1-12(2)13-4-3-5-14(7-6-13)16-15-8-10-19(17,18)11-9-15/h12-16H,3-11H2,1-2H3. The van der Waals surface area contributed by atoms with E-state index in [1.807, 2.05) is 0 Å². The van der Waals surface area contributed by atoms with E-state index in [0.717, 1.165) is 24.7 Å². The Labute approximate surface area is 118 Å². The zero-order valence-corrected chi connectivity index (χ0v) is 13.2. The van der Waals surface area contributed by atoms with Crippen molar-refractivity contribution in [1.29, 1.82) is 0 Å². The molecule has 1 heterocycles. The zero-order valence-electron chi connectivity index (χ0n) is 12.4. The molecule has 0 radical (unpaired) electrons. The number of rotatable bonds is 3. The molecular formula is C15H29NO2S. The van der Waals surface area contributed by atoms with Gasteiger partial charge in [0.2, 0.25) is 0 Å². The van der Waals surface area contributed by atoms with Gasteiger partial charge in [0.1, 0.15) is 9.84 Å². The molecule has 1 aliphatic heterocycles. The van der Waals surface area contributed by atoms with E-state index in [2.05, 4.69) is 19.2 Å². The molecule has 2 aliphatic rings. The number of nitrogens with one attached hydrogen (secondary N) is 1. The van der Waals surface area contributed by atoms with Gasteiger partial charge < -0.3 is 5.32 Å². The maximum Gasteiger partial charge on any atom is 0.150 e. The highest BCUT2D eigenvalue weighted by molar-refractivity contribution is 7.91. The van der Waals surface area contributed by atoms with E-state index in [9.17, 15) is 8.42 Å². The van der Waals surface area contributed by atoms with Crippen molar-refractivity contribution in [3.8, 4) is 0 Å². The van der Waals surface area contributed by atoms with Gasteiger partial charge in [0.25, 0.3) is 0 Å². The average molecular weight is 287 g/mol. The quantitative estimate of drug-likeness (QED) is 0.812. The van der Waals surface area contributed by atoms with Gasteiger partial charge in [0.05, 0.1) is 11.5 Å². The number of hydrogen-bond donors (Lipinski definition) is 1. The van der Waals surface area contributed by atoms with Gasteiger partial charge in [-0.25, -0.2) is 8.42 Å². The Kier molecular flexibility index (Phi) is 5.29. The largest absolute Gasteiger partial charge is 0.311 e. The van der Waals surface area contributed by atoms with Crippen LogP contribution < -0.4 is 5.32 Å². The normalized spacial score (nSPS) is 33.2. The first-order chi connectivity index (χ1) is 8.96. The Balaban J connectivity index is 1.77. The third-order valence-electron chi connectivity index (χ3n) is 4.98. The van der Waals surface area contributed by atoms with Crippen molar-refractivity contribution in [1.82, 2.24) is 5.32 Å². The second kappa shape index (κ2) is 6.57. The minimum Gasteiger partial charge on any atom is -0.311 e. The van der Waals surface area contributed by atoms with Gasteiger partial charge in [0.15, 0.2) is 0 Å². The number of sulfone groups is 1. The van der Waals surface area contributed by atoms with Crippen molar-refractivity contribution in [2.45, 2.75) is 70.9 Å². The molecule has 0 amide bonds. The van der Waals surface area contributed by atoms with Crippen LogP contribution in [-0.4, -0.2) is 32.0 Å². The smallest absolute Gasteiger partial charge is 0.150 e. The molecule has 1 saturated carbocycles. The Hall–Kier alpha value is -0.0900. The molecule has 112 valence electrons. The molecule has 2 rings (SSSR count). The summed E-state index contributed by atoms with van der Waals surface area (Å²) in [5, 5.41) is 3.73. The molecule has 3 nitrogen and oxygen atoms in total. The Morgan fingerprint density at radius 3 is 2.16 bits per heavy atom. The number of hydrogen-bond acceptors (Lipinski definition) is 3. The molecule has 0 aromatic heterocycles. The van der Waals surface area contributed by atoms with Crippen molar-refractivity contribution in [3.05, 3.63) is 0 Å². The summed E-state index contributed by atoms with van der Waals surface area (Å²) in [7, 11) is -2.72. The first-order valence-corrected chi connectivity index (χ1v) is 9.75. The van der Waals surface area contributed by atoms with Gasteiger partial charge in [-0.15, -0.1) is 0 Å². The second-order valence-corrected chi connectivity index (χ2v) is 9.11. The van der Waals surface area contributed by atoms with Crippen LogP contribution in [0.5, 0.6) is 0 Å². The lowest BCUT2D eigenvalue weighted by molar-refractivity contribution is 0.330. The fraction of sp³-hybridized carbons (Fsp3) is 1.00. The molecule has 0 spiro atoms. The lowest BCUT2D eigenvalue weighted by Crippen LogP contribution is -2.43. The van der Waals surface area contributed by atoms with E-state index < -0.39 is 9.84 Å². The topological polar surface area (TPSA) is 46.2 Å². The minimum atomic E-state index is -2.72. The van der Waals surface area contributed by atoms with Crippen LogP contribution in [0.1, 0.15) is 58.8 Å². The second-order valence-electron chi connectivity index (χ2n) is 6.80. The van der Waals surface area contributed by atoms with Crippen molar-refractivity contribution in [3.63, 3.8) is 0 Å². The van der Waals surface area contributed by atoms with E-state index >= 15 is 0 Å². The molecular weight excluding hydrogens is 258 g/mol. The summed E-state index contributed by atoms with van der Waals surface area (Å²) in [6.45, 7) is 4.68. The summed E-state index contributed by atoms with van der Waals surface area (Å²) >= 11 is 0. The predicted octanol–water partition coefficient (Wildman–Crippen LogP) is 2.76. The van der Waals surface area contributed by atoms with Gasteiger partial charge >= 0.3 is 0 Å². The van der Waals surface area contributed by atoms with Crippen LogP contribution in [0.2, 0.25) is 0 Å². The van der Waals surface area contributed by atoms with Crippen LogP contribution >= 0.6 is 0 Å². The van der Waals surface area contributed by atoms with Crippen LogP contribution in [-0.2, 0) is 9.84 Å². The van der Waals surface area contributed by atoms with Gasteiger partial charge in [-0.2, -0.15) is 0 Å².